The Morgan fingerprint density at radius 2 is 2.00 bits per heavy atom. The van der Waals surface area contributed by atoms with Crippen molar-refractivity contribution in [3.8, 4) is 0 Å². The van der Waals surface area contributed by atoms with Crippen LogP contribution in [0.25, 0.3) is 0 Å². The van der Waals surface area contributed by atoms with Gasteiger partial charge in [-0.3, -0.25) is 4.79 Å². The standard InChI is InChI=1S/C11H18O4/c1-4-5-9(3)15-11(14)8(2)6-7-10(12)13/h9H,2,4-7H2,1,3H3,(H,12,13). The van der Waals surface area contributed by atoms with Gasteiger partial charge in [0.1, 0.15) is 0 Å². The van der Waals surface area contributed by atoms with Crippen molar-refractivity contribution in [3.05, 3.63) is 12.2 Å². The van der Waals surface area contributed by atoms with Crippen LogP contribution in [-0.2, 0) is 14.3 Å². The largest absolute Gasteiger partial charge is 0.481 e. The Morgan fingerprint density at radius 1 is 1.40 bits per heavy atom. The number of aliphatic carboxylic acids is 1. The molecular formula is C11H18O4. The molecule has 0 aliphatic rings. The van der Waals surface area contributed by atoms with E-state index in [0.29, 0.717) is 0 Å². The highest BCUT2D eigenvalue weighted by atomic mass is 16.5. The first-order valence-corrected chi connectivity index (χ1v) is 5.08. The Bertz CT molecular complexity index is 245. The molecule has 0 rings (SSSR count). The molecule has 0 aromatic heterocycles. The molecule has 0 bridgehead atoms. The molecular weight excluding hydrogens is 196 g/mol. The van der Waals surface area contributed by atoms with Gasteiger partial charge in [-0.2, -0.15) is 0 Å². The Kier molecular flexibility index (Phi) is 6.42. The topological polar surface area (TPSA) is 63.6 Å². The lowest BCUT2D eigenvalue weighted by atomic mass is 10.1. The van der Waals surface area contributed by atoms with E-state index in [0.717, 1.165) is 12.8 Å². The third-order valence-electron chi connectivity index (χ3n) is 1.93. The number of carboxylic acid groups (broad SMARTS) is 1. The van der Waals surface area contributed by atoms with E-state index in [-0.39, 0.29) is 24.5 Å². The maximum Gasteiger partial charge on any atom is 0.333 e. The van der Waals surface area contributed by atoms with E-state index in [1.54, 1.807) is 0 Å². The number of hydrogen-bond acceptors (Lipinski definition) is 3. The zero-order chi connectivity index (χ0) is 11.8. The van der Waals surface area contributed by atoms with Gasteiger partial charge < -0.3 is 9.84 Å². The second kappa shape index (κ2) is 7.04. The van der Waals surface area contributed by atoms with Gasteiger partial charge in [0.15, 0.2) is 0 Å². The van der Waals surface area contributed by atoms with Crippen LogP contribution in [0.1, 0.15) is 39.5 Å². The van der Waals surface area contributed by atoms with E-state index in [4.69, 9.17) is 9.84 Å². The summed E-state index contributed by atoms with van der Waals surface area (Å²) in [4.78, 5) is 21.6. The third kappa shape index (κ3) is 6.71. The van der Waals surface area contributed by atoms with Gasteiger partial charge in [-0.15, -0.1) is 0 Å². The molecule has 0 heterocycles. The van der Waals surface area contributed by atoms with Crippen LogP contribution >= 0.6 is 0 Å². The van der Waals surface area contributed by atoms with Crippen LogP contribution in [0.5, 0.6) is 0 Å². The molecule has 0 radical (unpaired) electrons. The Morgan fingerprint density at radius 3 is 2.47 bits per heavy atom. The monoisotopic (exact) mass is 214 g/mol. The number of carboxylic acids is 1. The van der Waals surface area contributed by atoms with Crippen LogP contribution in [-0.4, -0.2) is 23.1 Å². The van der Waals surface area contributed by atoms with Gasteiger partial charge in [0.25, 0.3) is 0 Å². The van der Waals surface area contributed by atoms with E-state index in [1.807, 2.05) is 13.8 Å². The molecule has 1 N–H and O–H groups in total. The van der Waals surface area contributed by atoms with Gasteiger partial charge in [0.05, 0.1) is 6.10 Å². The van der Waals surface area contributed by atoms with Crippen LogP contribution in [0.2, 0.25) is 0 Å². The molecule has 0 saturated heterocycles. The maximum absolute atomic E-state index is 11.3. The van der Waals surface area contributed by atoms with Crippen molar-refractivity contribution < 1.29 is 19.4 Å². The number of carbonyl (C=O) groups excluding carboxylic acids is 1. The lowest BCUT2D eigenvalue weighted by molar-refractivity contribution is -0.143. The molecule has 0 aromatic rings. The third-order valence-corrected chi connectivity index (χ3v) is 1.93. The Hall–Kier alpha value is -1.32. The summed E-state index contributed by atoms with van der Waals surface area (Å²) in [6.45, 7) is 7.32. The number of ether oxygens (including phenoxy) is 1. The first-order valence-electron chi connectivity index (χ1n) is 5.08. The van der Waals surface area contributed by atoms with Crippen molar-refractivity contribution >= 4 is 11.9 Å². The second-order valence-corrected chi connectivity index (χ2v) is 3.50. The van der Waals surface area contributed by atoms with Gasteiger partial charge in [0, 0.05) is 12.0 Å². The fourth-order valence-corrected chi connectivity index (χ4v) is 1.09. The summed E-state index contributed by atoms with van der Waals surface area (Å²) in [5, 5.41) is 8.42. The predicted molar refractivity (Wildman–Crippen MR) is 56.5 cm³/mol. The van der Waals surface area contributed by atoms with Gasteiger partial charge >= 0.3 is 11.9 Å². The SMILES string of the molecule is C=C(CCC(=O)O)C(=O)OC(C)CCC. The molecule has 4 heteroatoms. The van der Waals surface area contributed by atoms with E-state index in [1.165, 1.54) is 0 Å². The molecule has 4 nitrogen and oxygen atoms in total. The second-order valence-electron chi connectivity index (χ2n) is 3.50. The minimum Gasteiger partial charge on any atom is -0.481 e. The van der Waals surface area contributed by atoms with Crippen molar-refractivity contribution in [2.75, 3.05) is 0 Å². The van der Waals surface area contributed by atoms with Crippen LogP contribution in [0.15, 0.2) is 12.2 Å². The summed E-state index contributed by atoms with van der Waals surface area (Å²) < 4.78 is 5.05. The van der Waals surface area contributed by atoms with Crippen molar-refractivity contribution in [2.45, 2.75) is 45.6 Å². The fourth-order valence-electron chi connectivity index (χ4n) is 1.09. The molecule has 86 valence electrons. The first-order chi connectivity index (χ1) is 6.97. The first kappa shape index (κ1) is 13.7. The summed E-state index contributed by atoms with van der Waals surface area (Å²) in [6.07, 6.45) is 1.67. The van der Waals surface area contributed by atoms with Crippen molar-refractivity contribution in [3.63, 3.8) is 0 Å². The summed E-state index contributed by atoms with van der Waals surface area (Å²) >= 11 is 0. The maximum atomic E-state index is 11.3. The molecule has 0 amide bonds. The molecule has 0 spiro atoms. The number of hydrogen-bond donors (Lipinski definition) is 1. The summed E-state index contributed by atoms with van der Waals surface area (Å²) in [5.41, 5.74) is 0.223. The quantitative estimate of drug-likeness (QED) is 0.521. The average Bonchev–Trinajstić information content (AvgIpc) is 2.14. The lowest BCUT2D eigenvalue weighted by Crippen LogP contribution is -2.16. The van der Waals surface area contributed by atoms with Gasteiger partial charge in [-0.1, -0.05) is 19.9 Å². The highest BCUT2D eigenvalue weighted by Gasteiger charge is 2.13. The smallest absolute Gasteiger partial charge is 0.333 e. The normalized spacial score (nSPS) is 11.9. The van der Waals surface area contributed by atoms with E-state index >= 15 is 0 Å². The van der Waals surface area contributed by atoms with E-state index in [2.05, 4.69) is 6.58 Å². The van der Waals surface area contributed by atoms with Crippen molar-refractivity contribution in [1.29, 1.82) is 0 Å². The van der Waals surface area contributed by atoms with E-state index < -0.39 is 11.9 Å². The highest BCUT2D eigenvalue weighted by Crippen LogP contribution is 2.09. The van der Waals surface area contributed by atoms with Crippen molar-refractivity contribution in [2.24, 2.45) is 0 Å². The van der Waals surface area contributed by atoms with Gasteiger partial charge in [-0.05, 0) is 19.8 Å². The zero-order valence-electron chi connectivity index (χ0n) is 9.28. The summed E-state index contributed by atoms with van der Waals surface area (Å²) in [6, 6.07) is 0. The minimum absolute atomic E-state index is 0.0872. The predicted octanol–water partition coefficient (Wildman–Crippen LogP) is 2.14. The molecule has 1 unspecified atom stereocenters. The molecule has 0 saturated carbocycles. The summed E-state index contributed by atoms with van der Waals surface area (Å²) in [5.74, 6) is -1.43. The van der Waals surface area contributed by atoms with Gasteiger partial charge in [-0.25, -0.2) is 4.79 Å². The molecule has 0 fully saturated rings. The molecule has 15 heavy (non-hydrogen) atoms. The molecule has 0 aliphatic heterocycles. The number of esters is 1. The van der Waals surface area contributed by atoms with E-state index in [9.17, 15) is 9.59 Å². The molecule has 0 aromatic carbocycles. The number of rotatable bonds is 7. The van der Waals surface area contributed by atoms with Crippen LogP contribution < -0.4 is 0 Å². The van der Waals surface area contributed by atoms with Crippen LogP contribution in [0, 0.1) is 0 Å². The molecule has 1 atom stereocenters. The average molecular weight is 214 g/mol. The lowest BCUT2D eigenvalue weighted by Gasteiger charge is -2.12. The van der Waals surface area contributed by atoms with Crippen molar-refractivity contribution in [1.82, 2.24) is 0 Å². The highest BCUT2D eigenvalue weighted by molar-refractivity contribution is 5.88. The van der Waals surface area contributed by atoms with Gasteiger partial charge in [0.2, 0.25) is 0 Å². The Labute approximate surface area is 89.9 Å². The van der Waals surface area contributed by atoms with Crippen LogP contribution in [0.4, 0.5) is 0 Å². The fraction of sp³-hybridized carbons (Fsp3) is 0.636. The summed E-state index contributed by atoms with van der Waals surface area (Å²) in [7, 11) is 0. The minimum atomic E-state index is -0.939. The Balaban J connectivity index is 3.88. The zero-order valence-corrected chi connectivity index (χ0v) is 9.28. The number of carbonyl (C=O) groups is 2. The van der Waals surface area contributed by atoms with Crippen LogP contribution in [0.3, 0.4) is 0 Å². The molecule has 0 aliphatic carbocycles.